The van der Waals surface area contributed by atoms with Crippen LogP contribution >= 0.6 is 11.3 Å². The lowest BCUT2D eigenvalue weighted by Crippen LogP contribution is -2.03. The Morgan fingerprint density at radius 3 is 2.83 bits per heavy atom. The van der Waals surface area contributed by atoms with Crippen LogP contribution in [0.25, 0.3) is 10.2 Å². The number of benzene rings is 1. The zero-order valence-electron chi connectivity index (χ0n) is 10.4. The van der Waals surface area contributed by atoms with Gasteiger partial charge in [0.25, 0.3) is 0 Å². The van der Waals surface area contributed by atoms with Crippen molar-refractivity contribution in [3.8, 4) is 0 Å². The van der Waals surface area contributed by atoms with Crippen molar-refractivity contribution in [1.29, 1.82) is 0 Å². The molecule has 3 nitrogen and oxygen atoms in total. The largest absolute Gasteiger partial charge is 0.241 e. The molecule has 0 unspecified atom stereocenters. The van der Waals surface area contributed by atoms with E-state index in [1.165, 1.54) is 4.70 Å². The molecule has 2 aromatic rings. The Morgan fingerprint density at radius 1 is 1.44 bits per heavy atom. The fourth-order valence-electron chi connectivity index (χ4n) is 2.24. The topological polar surface area (TPSA) is 42.3 Å². The number of aliphatic imine (C=N–C) groups is 1. The van der Waals surface area contributed by atoms with Crippen molar-refractivity contribution >= 4 is 27.6 Å². The van der Waals surface area contributed by atoms with Crippen molar-refractivity contribution in [2.45, 2.75) is 38.1 Å². The van der Waals surface area contributed by atoms with Gasteiger partial charge in [-0.2, -0.15) is 4.99 Å². The lowest BCUT2D eigenvalue weighted by molar-refractivity contribution is 0.556. The number of hydrogen-bond donors (Lipinski definition) is 0. The fraction of sp³-hybridized carbons (Fsp3) is 0.429. The Morgan fingerprint density at radius 2 is 2.22 bits per heavy atom. The molecular formula is C14H14N2OS. The summed E-state index contributed by atoms with van der Waals surface area (Å²) in [5.74, 6) is 0.431. The van der Waals surface area contributed by atoms with Crippen LogP contribution < -0.4 is 0 Å². The van der Waals surface area contributed by atoms with E-state index in [4.69, 9.17) is 4.98 Å². The minimum atomic E-state index is -0.330. The Bertz CT molecular complexity index is 649. The van der Waals surface area contributed by atoms with E-state index in [-0.39, 0.29) is 5.54 Å². The third-order valence-corrected chi connectivity index (χ3v) is 4.74. The molecule has 92 valence electrons. The molecule has 4 heteroatoms. The minimum Gasteiger partial charge on any atom is -0.241 e. The number of carbonyl (C=O) groups excluding carboxylic acids is 1. The second-order valence-electron chi connectivity index (χ2n) is 5.09. The van der Waals surface area contributed by atoms with Crippen LogP contribution in [0.1, 0.15) is 43.2 Å². The molecule has 1 saturated carbocycles. The van der Waals surface area contributed by atoms with Gasteiger partial charge >= 0.3 is 0 Å². The third kappa shape index (κ3) is 1.69. The number of thiazole rings is 1. The van der Waals surface area contributed by atoms with Gasteiger partial charge in [0.2, 0.25) is 6.08 Å². The van der Waals surface area contributed by atoms with Gasteiger partial charge < -0.3 is 0 Å². The summed E-state index contributed by atoms with van der Waals surface area (Å²) in [6.45, 7) is 4.29. The predicted octanol–water partition coefficient (Wildman–Crippen LogP) is 3.74. The first kappa shape index (κ1) is 11.6. The molecule has 0 atom stereocenters. The maximum atomic E-state index is 10.6. The standard InChI is InChI=1S/C14H14N2OS/c1-9(2)13-16-12-10(4-3-5-11(12)18-13)14(6-7-14)15-8-17/h3-5,9H,6-7H2,1-2H3. The van der Waals surface area contributed by atoms with Crippen LogP contribution in [0.3, 0.4) is 0 Å². The summed E-state index contributed by atoms with van der Waals surface area (Å²) in [6.07, 6.45) is 3.57. The Labute approximate surface area is 110 Å². The van der Waals surface area contributed by atoms with Gasteiger partial charge in [-0.05, 0) is 18.9 Å². The summed E-state index contributed by atoms with van der Waals surface area (Å²) in [7, 11) is 0. The van der Waals surface area contributed by atoms with Gasteiger partial charge in [-0.15, -0.1) is 11.3 Å². The molecule has 0 amide bonds. The van der Waals surface area contributed by atoms with Gasteiger partial charge in [-0.1, -0.05) is 26.0 Å². The van der Waals surface area contributed by atoms with Crippen molar-refractivity contribution in [2.75, 3.05) is 0 Å². The maximum Gasteiger partial charge on any atom is 0.235 e. The smallest absolute Gasteiger partial charge is 0.235 e. The molecule has 1 aliphatic carbocycles. The molecule has 1 aromatic heterocycles. The van der Waals surface area contributed by atoms with Crippen molar-refractivity contribution in [2.24, 2.45) is 4.99 Å². The molecule has 0 saturated heterocycles. The highest BCUT2D eigenvalue weighted by molar-refractivity contribution is 7.18. The number of para-hydroxylation sites is 1. The van der Waals surface area contributed by atoms with Gasteiger partial charge in [-0.25, -0.2) is 9.78 Å². The van der Waals surface area contributed by atoms with Crippen LogP contribution in [0.2, 0.25) is 0 Å². The zero-order chi connectivity index (χ0) is 12.8. The average Bonchev–Trinajstić information content (AvgIpc) is 2.98. The number of rotatable bonds is 3. The van der Waals surface area contributed by atoms with Crippen molar-refractivity contribution in [3.05, 3.63) is 28.8 Å². The second kappa shape index (κ2) is 4.01. The first-order valence-corrected chi connectivity index (χ1v) is 6.97. The van der Waals surface area contributed by atoms with Gasteiger partial charge in [-0.3, -0.25) is 0 Å². The minimum absolute atomic E-state index is 0.330. The molecule has 0 N–H and O–H groups in total. The predicted molar refractivity (Wildman–Crippen MR) is 72.7 cm³/mol. The van der Waals surface area contributed by atoms with Crippen molar-refractivity contribution in [3.63, 3.8) is 0 Å². The van der Waals surface area contributed by atoms with Crippen LogP contribution in [0, 0.1) is 0 Å². The molecule has 0 aliphatic heterocycles. The Kier molecular flexibility index (Phi) is 2.58. The van der Waals surface area contributed by atoms with Crippen LogP contribution in [0.15, 0.2) is 23.2 Å². The molecule has 0 spiro atoms. The number of aromatic nitrogens is 1. The molecule has 0 bridgehead atoms. The third-order valence-electron chi connectivity index (χ3n) is 3.41. The number of hydrogen-bond acceptors (Lipinski definition) is 4. The highest BCUT2D eigenvalue weighted by Gasteiger charge is 2.46. The van der Waals surface area contributed by atoms with E-state index in [0.717, 1.165) is 28.9 Å². The molecule has 1 heterocycles. The molecular weight excluding hydrogens is 244 g/mol. The van der Waals surface area contributed by atoms with E-state index in [1.54, 1.807) is 17.4 Å². The number of isocyanates is 1. The van der Waals surface area contributed by atoms with Crippen LogP contribution in [-0.2, 0) is 10.3 Å². The molecule has 18 heavy (non-hydrogen) atoms. The van der Waals surface area contributed by atoms with E-state index in [1.807, 2.05) is 12.1 Å². The highest BCUT2D eigenvalue weighted by atomic mass is 32.1. The average molecular weight is 258 g/mol. The molecule has 0 radical (unpaired) electrons. The summed E-state index contributed by atoms with van der Waals surface area (Å²) in [4.78, 5) is 19.3. The fourth-order valence-corrected chi connectivity index (χ4v) is 3.23. The van der Waals surface area contributed by atoms with Crippen LogP contribution in [0.5, 0.6) is 0 Å². The van der Waals surface area contributed by atoms with Crippen molar-refractivity contribution in [1.82, 2.24) is 4.98 Å². The van der Waals surface area contributed by atoms with Gasteiger partial charge in [0, 0.05) is 11.5 Å². The number of nitrogens with zero attached hydrogens (tertiary/aromatic N) is 2. The summed E-state index contributed by atoms with van der Waals surface area (Å²) >= 11 is 1.73. The lowest BCUT2D eigenvalue weighted by atomic mass is 10.0. The summed E-state index contributed by atoms with van der Waals surface area (Å²) < 4.78 is 1.18. The summed E-state index contributed by atoms with van der Waals surface area (Å²) in [5, 5.41) is 1.14. The van der Waals surface area contributed by atoms with E-state index < -0.39 is 0 Å². The molecule has 3 rings (SSSR count). The SMILES string of the molecule is CC(C)c1nc2c(C3(N=C=O)CC3)cccc2s1. The van der Waals surface area contributed by atoms with E-state index >= 15 is 0 Å². The number of fused-ring (bicyclic) bond motifs is 1. The quantitative estimate of drug-likeness (QED) is 0.621. The monoisotopic (exact) mass is 258 g/mol. The van der Waals surface area contributed by atoms with Gasteiger partial charge in [0.1, 0.15) is 5.54 Å². The molecule has 1 aliphatic rings. The summed E-state index contributed by atoms with van der Waals surface area (Å²) in [5.41, 5.74) is 1.78. The van der Waals surface area contributed by atoms with E-state index in [0.29, 0.717) is 5.92 Å². The van der Waals surface area contributed by atoms with Gasteiger partial charge in [0.05, 0.1) is 15.2 Å². The first-order valence-electron chi connectivity index (χ1n) is 6.15. The first-order chi connectivity index (χ1) is 8.66. The van der Waals surface area contributed by atoms with Gasteiger partial charge in [0.15, 0.2) is 0 Å². The Balaban J connectivity index is 2.21. The zero-order valence-corrected chi connectivity index (χ0v) is 11.3. The molecule has 1 fully saturated rings. The second-order valence-corrected chi connectivity index (χ2v) is 6.16. The van der Waals surface area contributed by atoms with E-state index in [9.17, 15) is 4.79 Å². The normalized spacial score (nSPS) is 16.8. The summed E-state index contributed by atoms with van der Waals surface area (Å²) in [6, 6.07) is 6.16. The van der Waals surface area contributed by atoms with Crippen LogP contribution in [-0.4, -0.2) is 11.1 Å². The van der Waals surface area contributed by atoms with Crippen molar-refractivity contribution < 1.29 is 4.79 Å². The Hall–Kier alpha value is -1.51. The van der Waals surface area contributed by atoms with Crippen LogP contribution in [0.4, 0.5) is 0 Å². The highest BCUT2D eigenvalue weighted by Crippen LogP contribution is 2.51. The van der Waals surface area contributed by atoms with E-state index in [2.05, 4.69) is 24.9 Å². The lowest BCUT2D eigenvalue weighted by Gasteiger charge is -2.08. The molecule has 1 aromatic carbocycles. The maximum absolute atomic E-state index is 10.6.